The van der Waals surface area contributed by atoms with Crippen molar-refractivity contribution in [2.24, 2.45) is 0 Å². The van der Waals surface area contributed by atoms with Crippen LogP contribution in [-0.2, 0) is 14.2 Å². The molecule has 0 heterocycles. The Morgan fingerprint density at radius 2 is 1.30 bits per heavy atom. The normalized spacial score (nSPS) is 11.0. The van der Waals surface area contributed by atoms with E-state index in [4.69, 9.17) is 14.2 Å². The molecule has 0 bridgehead atoms. The molecule has 0 unspecified atom stereocenters. The van der Waals surface area contributed by atoms with Crippen molar-refractivity contribution in [2.45, 2.75) is 84.3 Å². The van der Waals surface area contributed by atoms with Gasteiger partial charge in [0, 0.05) is 13.2 Å². The predicted molar refractivity (Wildman–Crippen MR) is 117 cm³/mol. The highest BCUT2D eigenvalue weighted by Crippen LogP contribution is 2.12. The number of benzene rings is 1. The molecule has 0 aromatic heterocycles. The molecular weight excluding hydrogens is 384 g/mol. The van der Waals surface area contributed by atoms with E-state index in [1.165, 1.54) is 50.7 Å². The SMILES string of the molecule is CCCCCCCOC(COC(=O)c1ccccc1C(=O)O)OCCCCCCC. The fourth-order valence-electron chi connectivity index (χ4n) is 3.05. The smallest absolute Gasteiger partial charge is 0.339 e. The molecule has 0 aliphatic heterocycles. The van der Waals surface area contributed by atoms with Gasteiger partial charge in [-0.05, 0) is 25.0 Å². The fourth-order valence-corrected chi connectivity index (χ4v) is 3.05. The van der Waals surface area contributed by atoms with Crippen LogP contribution in [-0.4, -0.2) is 43.2 Å². The van der Waals surface area contributed by atoms with Gasteiger partial charge in [0.05, 0.1) is 11.1 Å². The van der Waals surface area contributed by atoms with Crippen molar-refractivity contribution in [3.8, 4) is 0 Å². The summed E-state index contributed by atoms with van der Waals surface area (Å²) in [6.07, 6.45) is 10.6. The Bertz CT molecular complexity index is 585. The second-order valence-electron chi connectivity index (χ2n) is 7.45. The molecule has 0 saturated heterocycles. The Morgan fingerprint density at radius 3 is 1.80 bits per heavy atom. The lowest BCUT2D eigenvalue weighted by molar-refractivity contribution is -0.164. The highest BCUT2D eigenvalue weighted by atomic mass is 16.7. The standard InChI is InChI=1S/C24H38O6/c1-3-5-7-9-13-17-28-22(29-18-14-10-8-6-4-2)19-30-24(27)21-16-12-11-15-20(21)23(25)26/h11-12,15-16,22H,3-10,13-14,17-19H2,1-2H3,(H,25,26). The number of aromatic carboxylic acids is 1. The van der Waals surface area contributed by atoms with Crippen LogP contribution >= 0.6 is 0 Å². The van der Waals surface area contributed by atoms with Gasteiger partial charge in [0.1, 0.15) is 6.61 Å². The number of unbranched alkanes of at least 4 members (excludes halogenated alkanes) is 8. The lowest BCUT2D eigenvalue weighted by Crippen LogP contribution is -2.27. The Morgan fingerprint density at radius 1 is 0.800 bits per heavy atom. The van der Waals surface area contributed by atoms with Gasteiger partial charge in [-0.25, -0.2) is 9.59 Å². The molecule has 0 atom stereocenters. The van der Waals surface area contributed by atoms with Crippen molar-refractivity contribution in [2.75, 3.05) is 19.8 Å². The van der Waals surface area contributed by atoms with Gasteiger partial charge < -0.3 is 19.3 Å². The highest BCUT2D eigenvalue weighted by Gasteiger charge is 2.19. The molecule has 1 N–H and O–H groups in total. The molecule has 0 aliphatic carbocycles. The van der Waals surface area contributed by atoms with E-state index in [0.29, 0.717) is 13.2 Å². The zero-order valence-corrected chi connectivity index (χ0v) is 18.6. The van der Waals surface area contributed by atoms with Crippen molar-refractivity contribution in [3.63, 3.8) is 0 Å². The van der Waals surface area contributed by atoms with Crippen LogP contribution in [0.3, 0.4) is 0 Å². The number of carboxylic acid groups (broad SMARTS) is 1. The zero-order chi connectivity index (χ0) is 22.0. The van der Waals surface area contributed by atoms with E-state index in [1.54, 1.807) is 12.1 Å². The molecule has 170 valence electrons. The van der Waals surface area contributed by atoms with E-state index in [1.807, 2.05) is 0 Å². The average Bonchev–Trinajstić information content (AvgIpc) is 2.75. The molecule has 0 saturated carbocycles. The second-order valence-corrected chi connectivity index (χ2v) is 7.45. The Kier molecular flexibility index (Phi) is 14.7. The van der Waals surface area contributed by atoms with Crippen LogP contribution < -0.4 is 0 Å². The number of ether oxygens (including phenoxy) is 3. The minimum absolute atomic E-state index is 0.0304. The topological polar surface area (TPSA) is 82.1 Å². The van der Waals surface area contributed by atoms with Gasteiger partial charge in [-0.3, -0.25) is 0 Å². The van der Waals surface area contributed by atoms with Crippen LogP contribution in [0.2, 0.25) is 0 Å². The van der Waals surface area contributed by atoms with Gasteiger partial charge in [-0.1, -0.05) is 77.3 Å². The van der Waals surface area contributed by atoms with E-state index in [9.17, 15) is 14.7 Å². The van der Waals surface area contributed by atoms with E-state index < -0.39 is 18.2 Å². The first-order chi connectivity index (χ1) is 14.6. The number of carboxylic acids is 1. The number of carbonyl (C=O) groups is 2. The zero-order valence-electron chi connectivity index (χ0n) is 18.6. The third-order valence-electron chi connectivity index (χ3n) is 4.83. The molecule has 0 aliphatic rings. The molecule has 0 amide bonds. The third-order valence-corrected chi connectivity index (χ3v) is 4.83. The predicted octanol–water partition coefficient (Wildman–Crippen LogP) is 5.84. The number of hydrogen-bond donors (Lipinski definition) is 1. The maximum Gasteiger partial charge on any atom is 0.339 e. The number of esters is 1. The van der Waals surface area contributed by atoms with Crippen LogP contribution in [0.15, 0.2) is 24.3 Å². The summed E-state index contributed by atoms with van der Waals surface area (Å²) in [6, 6.07) is 6.02. The summed E-state index contributed by atoms with van der Waals surface area (Å²) in [7, 11) is 0. The average molecular weight is 423 g/mol. The van der Waals surface area contributed by atoms with Crippen molar-refractivity contribution in [3.05, 3.63) is 35.4 Å². The number of rotatable bonds is 18. The maximum absolute atomic E-state index is 12.4. The Hall–Kier alpha value is -1.92. The molecule has 0 fully saturated rings. The van der Waals surface area contributed by atoms with E-state index in [-0.39, 0.29) is 17.7 Å². The van der Waals surface area contributed by atoms with E-state index in [2.05, 4.69) is 13.8 Å². The quantitative estimate of drug-likeness (QED) is 0.182. The first-order valence-electron chi connectivity index (χ1n) is 11.3. The van der Waals surface area contributed by atoms with Crippen molar-refractivity contribution >= 4 is 11.9 Å². The highest BCUT2D eigenvalue weighted by molar-refractivity contribution is 6.02. The molecule has 0 spiro atoms. The third kappa shape index (κ3) is 11.3. The van der Waals surface area contributed by atoms with Gasteiger partial charge in [0.15, 0.2) is 6.29 Å². The lowest BCUT2D eigenvalue weighted by atomic mass is 10.1. The van der Waals surface area contributed by atoms with Crippen LogP contribution in [0.4, 0.5) is 0 Å². The van der Waals surface area contributed by atoms with Gasteiger partial charge in [0.2, 0.25) is 0 Å². The van der Waals surface area contributed by atoms with Crippen molar-refractivity contribution in [1.29, 1.82) is 0 Å². The summed E-state index contributed by atoms with van der Waals surface area (Å²) in [5.74, 6) is -1.85. The Balaban J connectivity index is 2.50. The molecule has 1 rings (SSSR count). The molecule has 6 heteroatoms. The molecular formula is C24H38O6. The van der Waals surface area contributed by atoms with Gasteiger partial charge in [-0.2, -0.15) is 0 Å². The first-order valence-corrected chi connectivity index (χ1v) is 11.3. The molecule has 1 aromatic carbocycles. The summed E-state index contributed by atoms with van der Waals surface area (Å²) >= 11 is 0. The van der Waals surface area contributed by atoms with Crippen LogP contribution in [0.1, 0.15) is 98.8 Å². The summed E-state index contributed by atoms with van der Waals surface area (Å²) < 4.78 is 16.9. The monoisotopic (exact) mass is 422 g/mol. The van der Waals surface area contributed by atoms with Crippen LogP contribution in [0.25, 0.3) is 0 Å². The second kappa shape index (κ2) is 16.8. The maximum atomic E-state index is 12.4. The molecule has 1 aromatic rings. The minimum atomic E-state index is -1.16. The largest absolute Gasteiger partial charge is 0.478 e. The van der Waals surface area contributed by atoms with Gasteiger partial charge in [0.25, 0.3) is 0 Å². The fraction of sp³-hybridized carbons (Fsp3) is 0.667. The van der Waals surface area contributed by atoms with Gasteiger partial charge >= 0.3 is 11.9 Å². The summed E-state index contributed by atoms with van der Waals surface area (Å²) in [5.41, 5.74) is -0.0457. The summed E-state index contributed by atoms with van der Waals surface area (Å²) in [5, 5.41) is 9.24. The van der Waals surface area contributed by atoms with E-state index in [0.717, 1.165) is 25.7 Å². The number of hydrogen-bond acceptors (Lipinski definition) is 5. The van der Waals surface area contributed by atoms with Crippen molar-refractivity contribution in [1.82, 2.24) is 0 Å². The Labute approximate surface area is 180 Å². The molecule has 30 heavy (non-hydrogen) atoms. The van der Waals surface area contributed by atoms with E-state index >= 15 is 0 Å². The molecule has 0 radical (unpaired) electrons. The summed E-state index contributed by atoms with van der Waals surface area (Å²) in [6.45, 7) is 5.40. The lowest BCUT2D eigenvalue weighted by Gasteiger charge is -2.19. The van der Waals surface area contributed by atoms with Crippen molar-refractivity contribution < 1.29 is 28.9 Å². The molecule has 6 nitrogen and oxygen atoms in total. The number of carbonyl (C=O) groups excluding carboxylic acids is 1. The summed E-state index contributed by atoms with van der Waals surface area (Å²) in [4.78, 5) is 23.7. The van der Waals surface area contributed by atoms with Crippen LogP contribution in [0.5, 0.6) is 0 Å². The van der Waals surface area contributed by atoms with Crippen LogP contribution in [0, 0.1) is 0 Å². The first kappa shape index (κ1) is 26.1. The minimum Gasteiger partial charge on any atom is -0.478 e. The van der Waals surface area contributed by atoms with Gasteiger partial charge in [-0.15, -0.1) is 0 Å².